The topological polar surface area (TPSA) is 102 Å². The molecule has 3 rings (SSSR count). The number of sulfonamides is 1. The van der Waals surface area contributed by atoms with Crippen molar-refractivity contribution in [2.45, 2.75) is 11.8 Å². The van der Waals surface area contributed by atoms with Crippen LogP contribution in [0, 0.1) is 0 Å². The van der Waals surface area contributed by atoms with E-state index in [4.69, 9.17) is 14.6 Å². The Morgan fingerprint density at radius 1 is 0.879 bits per heavy atom. The van der Waals surface area contributed by atoms with Crippen LogP contribution >= 0.6 is 0 Å². The molecule has 7 nitrogen and oxygen atoms in total. The Labute approximate surface area is 193 Å². The van der Waals surface area contributed by atoms with Gasteiger partial charge in [-0.25, -0.2) is 17.9 Å². The van der Waals surface area contributed by atoms with Crippen molar-refractivity contribution in [2.75, 3.05) is 20.3 Å². The first-order valence-corrected chi connectivity index (χ1v) is 11.7. The van der Waals surface area contributed by atoms with Crippen LogP contribution in [-0.2, 0) is 10.0 Å². The summed E-state index contributed by atoms with van der Waals surface area (Å²) in [6, 6.07) is 20.1. The van der Waals surface area contributed by atoms with Gasteiger partial charge in [-0.05, 0) is 72.2 Å². The molecular formula is C25H25NO6S. The second-order valence-corrected chi connectivity index (χ2v) is 8.75. The summed E-state index contributed by atoms with van der Waals surface area (Å²) in [6.07, 6.45) is 1.79. The smallest absolute Gasteiger partial charge is 0.335 e. The van der Waals surface area contributed by atoms with Crippen LogP contribution in [0.2, 0.25) is 0 Å². The van der Waals surface area contributed by atoms with Gasteiger partial charge in [-0.2, -0.15) is 0 Å². The summed E-state index contributed by atoms with van der Waals surface area (Å²) in [5.41, 5.74) is 2.65. The molecule has 0 bridgehead atoms. The molecule has 0 fully saturated rings. The minimum Gasteiger partial charge on any atom is -0.497 e. The van der Waals surface area contributed by atoms with Gasteiger partial charge in [0.05, 0.1) is 24.2 Å². The number of rotatable bonds is 10. The van der Waals surface area contributed by atoms with Gasteiger partial charge in [0.25, 0.3) is 0 Å². The number of methoxy groups -OCH3 is 1. The molecule has 0 saturated heterocycles. The normalized spacial score (nSPS) is 11.8. The van der Waals surface area contributed by atoms with Crippen molar-refractivity contribution >= 4 is 21.6 Å². The van der Waals surface area contributed by atoms with Crippen LogP contribution in [0.4, 0.5) is 0 Å². The lowest BCUT2D eigenvalue weighted by Crippen LogP contribution is -2.24. The maximum Gasteiger partial charge on any atom is 0.335 e. The number of hydrogen-bond donors (Lipinski definition) is 2. The lowest BCUT2D eigenvalue weighted by molar-refractivity contribution is 0.0696. The van der Waals surface area contributed by atoms with E-state index < -0.39 is 16.0 Å². The van der Waals surface area contributed by atoms with Crippen LogP contribution in [0.3, 0.4) is 0 Å². The summed E-state index contributed by atoms with van der Waals surface area (Å²) in [7, 11) is -2.22. The fourth-order valence-electron chi connectivity index (χ4n) is 3.18. The number of carbonyl (C=O) groups is 1. The first-order chi connectivity index (χ1) is 15.8. The van der Waals surface area contributed by atoms with Gasteiger partial charge >= 0.3 is 5.97 Å². The molecule has 0 aliphatic heterocycles. The second kappa shape index (κ2) is 10.8. The molecular weight excluding hydrogens is 442 g/mol. The average Bonchev–Trinajstić information content (AvgIpc) is 2.83. The third-order valence-corrected chi connectivity index (χ3v) is 6.31. The van der Waals surface area contributed by atoms with Crippen LogP contribution in [0.25, 0.3) is 5.57 Å². The zero-order chi connectivity index (χ0) is 23.8. The molecule has 3 aromatic rings. The average molecular weight is 468 g/mol. The number of carboxylic acid groups (broad SMARTS) is 1. The molecule has 2 N–H and O–H groups in total. The van der Waals surface area contributed by atoms with Crippen LogP contribution in [0.15, 0.2) is 83.8 Å². The number of nitrogens with one attached hydrogen (secondary N) is 1. The number of hydrogen-bond acceptors (Lipinski definition) is 5. The van der Waals surface area contributed by atoms with Crippen molar-refractivity contribution in [3.8, 4) is 11.5 Å². The van der Waals surface area contributed by atoms with E-state index in [-0.39, 0.29) is 17.0 Å². The Bertz CT molecular complexity index is 1220. The molecule has 0 aromatic heterocycles. The molecule has 172 valence electrons. The van der Waals surface area contributed by atoms with Gasteiger partial charge in [-0.1, -0.05) is 30.3 Å². The van der Waals surface area contributed by atoms with E-state index in [1.165, 1.54) is 24.3 Å². The van der Waals surface area contributed by atoms with Gasteiger partial charge in [0.1, 0.15) is 11.5 Å². The lowest BCUT2D eigenvalue weighted by Gasteiger charge is -2.12. The molecule has 33 heavy (non-hydrogen) atoms. The Kier molecular flexibility index (Phi) is 7.87. The molecule has 0 radical (unpaired) electrons. The van der Waals surface area contributed by atoms with Crippen molar-refractivity contribution in [1.82, 2.24) is 4.72 Å². The quantitative estimate of drug-likeness (QED) is 0.463. The van der Waals surface area contributed by atoms with Crippen molar-refractivity contribution in [3.63, 3.8) is 0 Å². The largest absolute Gasteiger partial charge is 0.497 e. The molecule has 0 heterocycles. The van der Waals surface area contributed by atoms with Crippen LogP contribution in [-0.4, -0.2) is 39.8 Å². The minimum absolute atomic E-state index is 0.00651. The highest BCUT2D eigenvalue weighted by Gasteiger charge is 2.14. The molecule has 0 aliphatic rings. The van der Waals surface area contributed by atoms with E-state index in [0.29, 0.717) is 6.61 Å². The van der Waals surface area contributed by atoms with Crippen molar-refractivity contribution in [1.29, 1.82) is 0 Å². The van der Waals surface area contributed by atoms with Gasteiger partial charge in [0.2, 0.25) is 10.0 Å². The lowest BCUT2D eigenvalue weighted by atomic mass is 9.97. The van der Waals surface area contributed by atoms with Crippen LogP contribution in [0.5, 0.6) is 11.5 Å². The van der Waals surface area contributed by atoms with E-state index in [9.17, 15) is 13.2 Å². The molecule has 0 aliphatic carbocycles. The molecule has 0 amide bonds. The van der Waals surface area contributed by atoms with Gasteiger partial charge in [0, 0.05) is 6.54 Å². The Morgan fingerprint density at radius 3 is 1.88 bits per heavy atom. The second-order valence-electron chi connectivity index (χ2n) is 6.99. The highest BCUT2D eigenvalue weighted by molar-refractivity contribution is 7.89. The highest BCUT2D eigenvalue weighted by Crippen LogP contribution is 2.27. The Hall–Kier alpha value is -3.62. The zero-order valence-electron chi connectivity index (χ0n) is 18.3. The summed E-state index contributed by atoms with van der Waals surface area (Å²) < 4.78 is 38.6. The van der Waals surface area contributed by atoms with E-state index in [1.54, 1.807) is 13.2 Å². The third kappa shape index (κ3) is 6.21. The molecule has 8 heteroatoms. The van der Waals surface area contributed by atoms with Gasteiger partial charge in [0.15, 0.2) is 0 Å². The predicted molar refractivity (Wildman–Crippen MR) is 126 cm³/mol. The van der Waals surface area contributed by atoms with E-state index in [2.05, 4.69) is 4.72 Å². The van der Waals surface area contributed by atoms with Crippen molar-refractivity contribution < 1.29 is 27.8 Å². The molecule has 3 aromatic carbocycles. The molecule has 0 atom stereocenters. The molecule has 0 saturated carbocycles. The number of benzene rings is 3. The van der Waals surface area contributed by atoms with E-state index in [1.807, 2.05) is 55.5 Å². The van der Waals surface area contributed by atoms with Gasteiger partial charge in [-0.15, -0.1) is 0 Å². The third-order valence-electron chi connectivity index (χ3n) is 4.87. The first-order valence-electron chi connectivity index (χ1n) is 10.2. The summed E-state index contributed by atoms with van der Waals surface area (Å²) in [5, 5.41) is 8.99. The SMILES string of the molecule is CCOc1ccc(/C(=C\CNS(=O)(=O)c2ccc(C(=O)O)cc2)c2ccc(OC)cc2)cc1. The van der Waals surface area contributed by atoms with E-state index in [0.717, 1.165) is 28.2 Å². The zero-order valence-corrected chi connectivity index (χ0v) is 19.1. The Balaban J connectivity index is 1.86. The van der Waals surface area contributed by atoms with Crippen molar-refractivity contribution in [2.24, 2.45) is 0 Å². The minimum atomic E-state index is -3.82. The summed E-state index contributed by atoms with van der Waals surface area (Å²) >= 11 is 0. The van der Waals surface area contributed by atoms with Crippen molar-refractivity contribution in [3.05, 3.63) is 95.6 Å². The first kappa shape index (κ1) is 24.0. The molecule has 0 unspecified atom stereocenters. The highest BCUT2D eigenvalue weighted by atomic mass is 32.2. The molecule has 0 spiro atoms. The maximum absolute atomic E-state index is 12.6. The number of ether oxygens (including phenoxy) is 2. The summed E-state index contributed by atoms with van der Waals surface area (Å²) in [4.78, 5) is 11.0. The summed E-state index contributed by atoms with van der Waals surface area (Å²) in [5.74, 6) is 0.352. The monoisotopic (exact) mass is 467 g/mol. The van der Waals surface area contributed by atoms with Gasteiger partial charge in [-0.3, -0.25) is 0 Å². The van der Waals surface area contributed by atoms with Crippen LogP contribution in [0.1, 0.15) is 28.4 Å². The fourth-order valence-corrected chi connectivity index (χ4v) is 4.15. The van der Waals surface area contributed by atoms with Crippen LogP contribution < -0.4 is 14.2 Å². The number of aromatic carboxylic acids is 1. The van der Waals surface area contributed by atoms with E-state index >= 15 is 0 Å². The van der Waals surface area contributed by atoms with Gasteiger partial charge < -0.3 is 14.6 Å². The standard InChI is InChI=1S/C25H25NO6S/c1-3-32-22-12-6-19(7-13-22)24(18-4-10-21(31-2)11-5-18)16-17-26-33(29,30)23-14-8-20(9-15-23)25(27)28/h4-16,26H,3,17H2,1-2H3,(H,27,28)/b24-16-. The summed E-state index contributed by atoms with van der Waals surface area (Å²) in [6.45, 7) is 2.52. The fraction of sp³-hybridized carbons (Fsp3) is 0.160. The predicted octanol–water partition coefficient (Wildman–Crippen LogP) is 4.20. The number of carboxylic acids is 1. The maximum atomic E-state index is 12.6. The Morgan fingerprint density at radius 2 is 1.39 bits per heavy atom.